The maximum atomic E-state index is 11.2. The summed E-state index contributed by atoms with van der Waals surface area (Å²) in [4.78, 5) is 11.2. The van der Waals surface area contributed by atoms with Crippen LogP contribution in [-0.2, 0) is 19.6 Å². The van der Waals surface area contributed by atoms with Gasteiger partial charge in [0.2, 0.25) is 15.9 Å². The van der Waals surface area contributed by atoms with Gasteiger partial charge in [-0.1, -0.05) is 0 Å². The van der Waals surface area contributed by atoms with E-state index in [4.69, 9.17) is 4.74 Å². The number of hydrogen-bond donors (Lipinski definition) is 1. The third-order valence-corrected chi connectivity index (χ3v) is 3.45. The zero-order valence-electron chi connectivity index (χ0n) is 8.15. The van der Waals surface area contributed by atoms with Crippen LogP contribution in [0.25, 0.3) is 0 Å². The van der Waals surface area contributed by atoms with Crippen LogP contribution in [-0.4, -0.2) is 33.3 Å². The van der Waals surface area contributed by atoms with Gasteiger partial charge >= 0.3 is 0 Å². The Morgan fingerprint density at radius 1 is 1.57 bits per heavy atom. The molecule has 0 unspecified atom stereocenters. The molecule has 1 rings (SSSR count). The lowest BCUT2D eigenvalue weighted by molar-refractivity contribution is -0.120. The van der Waals surface area contributed by atoms with Crippen molar-refractivity contribution in [3.63, 3.8) is 0 Å². The second-order valence-corrected chi connectivity index (χ2v) is 5.37. The Morgan fingerprint density at radius 2 is 2.29 bits per heavy atom. The summed E-state index contributed by atoms with van der Waals surface area (Å²) in [7, 11) is -3.40. The van der Waals surface area contributed by atoms with Gasteiger partial charge in [0, 0.05) is 19.6 Å². The van der Waals surface area contributed by atoms with Crippen LogP contribution in [0, 0.1) is 5.92 Å². The van der Waals surface area contributed by atoms with E-state index < -0.39 is 15.9 Å². The minimum atomic E-state index is -3.40. The Kier molecular flexibility index (Phi) is 3.88. The highest BCUT2D eigenvalue weighted by Gasteiger charge is 2.21. The molecule has 0 radical (unpaired) electrons. The predicted octanol–water partition coefficient (Wildman–Crippen LogP) is -0.121. The van der Waals surface area contributed by atoms with Crippen molar-refractivity contribution >= 4 is 15.9 Å². The highest BCUT2D eigenvalue weighted by atomic mass is 32.2. The lowest BCUT2D eigenvalue weighted by atomic mass is 10.1. The van der Waals surface area contributed by atoms with Crippen molar-refractivity contribution in [2.24, 2.45) is 5.92 Å². The molecule has 0 aromatic heterocycles. The molecule has 0 spiro atoms. The van der Waals surface area contributed by atoms with Crippen molar-refractivity contribution in [2.45, 2.75) is 19.8 Å². The Balaban J connectivity index is 2.35. The van der Waals surface area contributed by atoms with Crippen molar-refractivity contribution in [3.05, 3.63) is 0 Å². The summed E-state index contributed by atoms with van der Waals surface area (Å²) >= 11 is 0. The molecule has 1 fully saturated rings. The van der Waals surface area contributed by atoms with Gasteiger partial charge in [-0.3, -0.25) is 9.52 Å². The van der Waals surface area contributed by atoms with E-state index in [1.54, 1.807) is 0 Å². The number of hydrogen-bond acceptors (Lipinski definition) is 4. The number of carbonyl (C=O) groups excluding carboxylic acids is 1. The first-order valence-corrected chi connectivity index (χ1v) is 6.30. The summed E-state index contributed by atoms with van der Waals surface area (Å²) in [6, 6.07) is 0. The van der Waals surface area contributed by atoms with Gasteiger partial charge in [-0.15, -0.1) is 0 Å². The molecule has 5 nitrogen and oxygen atoms in total. The Morgan fingerprint density at radius 3 is 2.79 bits per heavy atom. The summed E-state index contributed by atoms with van der Waals surface area (Å²) in [6.07, 6.45) is 1.07. The minimum absolute atomic E-state index is 0.0695. The smallest absolute Gasteiger partial charge is 0.234 e. The monoisotopic (exact) mass is 221 g/mol. The first-order chi connectivity index (χ1) is 6.53. The van der Waals surface area contributed by atoms with Crippen LogP contribution in [0.1, 0.15) is 19.8 Å². The topological polar surface area (TPSA) is 72.5 Å². The van der Waals surface area contributed by atoms with Crippen LogP contribution >= 0.6 is 0 Å². The van der Waals surface area contributed by atoms with Crippen LogP contribution in [0.5, 0.6) is 0 Å². The van der Waals surface area contributed by atoms with Crippen LogP contribution in [0.15, 0.2) is 0 Å². The average Bonchev–Trinajstić information content (AvgIpc) is 2.55. The molecule has 1 heterocycles. The summed E-state index contributed by atoms with van der Waals surface area (Å²) in [5.74, 6) is -0.329. The average molecular weight is 221 g/mol. The third kappa shape index (κ3) is 3.63. The fraction of sp³-hybridized carbons (Fsp3) is 0.875. The zero-order chi connectivity index (χ0) is 10.6. The molecule has 6 heteroatoms. The van der Waals surface area contributed by atoms with Crippen LogP contribution in [0.3, 0.4) is 0 Å². The van der Waals surface area contributed by atoms with Crippen molar-refractivity contribution in [1.29, 1.82) is 0 Å². The van der Waals surface area contributed by atoms with Gasteiger partial charge in [0.1, 0.15) is 0 Å². The number of amides is 1. The molecule has 1 N–H and O–H groups in total. The van der Waals surface area contributed by atoms with Gasteiger partial charge in [-0.05, 0) is 19.3 Å². The van der Waals surface area contributed by atoms with Gasteiger partial charge in [0.25, 0.3) is 0 Å². The summed E-state index contributed by atoms with van der Waals surface area (Å²) in [5, 5.41) is 0. The normalized spacial score (nSPS) is 22.2. The molecule has 1 saturated heterocycles. The Bertz CT molecular complexity index is 292. The van der Waals surface area contributed by atoms with Crippen molar-refractivity contribution in [2.75, 3.05) is 19.0 Å². The number of nitrogens with one attached hydrogen (secondary N) is 1. The Hall–Kier alpha value is -0.620. The van der Waals surface area contributed by atoms with E-state index in [9.17, 15) is 13.2 Å². The van der Waals surface area contributed by atoms with Crippen LogP contribution < -0.4 is 4.72 Å². The molecular weight excluding hydrogens is 206 g/mol. The lowest BCUT2D eigenvalue weighted by Crippen LogP contribution is -2.33. The molecule has 0 aromatic rings. The molecule has 1 amide bonds. The molecule has 1 atom stereocenters. The number of ether oxygens (including phenoxy) is 1. The van der Waals surface area contributed by atoms with Gasteiger partial charge in [0.15, 0.2) is 0 Å². The van der Waals surface area contributed by atoms with Gasteiger partial charge in [-0.2, -0.15) is 0 Å². The van der Waals surface area contributed by atoms with E-state index in [-0.39, 0.29) is 18.1 Å². The minimum Gasteiger partial charge on any atom is -0.381 e. The van der Waals surface area contributed by atoms with Crippen molar-refractivity contribution in [1.82, 2.24) is 4.72 Å². The van der Waals surface area contributed by atoms with E-state index >= 15 is 0 Å². The van der Waals surface area contributed by atoms with E-state index in [0.717, 1.165) is 6.42 Å². The van der Waals surface area contributed by atoms with Gasteiger partial charge in [-0.25, -0.2) is 8.42 Å². The predicted molar refractivity (Wildman–Crippen MR) is 51.1 cm³/mol. The first kappa shape index (κ1) is 11.5. The zero-order valence-corrected chi connectivity index (χ0v) is 8.97. The van der Waals surface area contributed by atoms with Gasteiger partial charge in [0.05, 0.1) is 5.75 Å². The maximum Gasteiger partial charge on any atom is 0.234 e. The second-order valence-electron chi connectivity index (χ2n) is 3.36. The fourth-order valence-corrected chi connectivity index (χ4v) is 1.87. The second kappa shape index (κ2) is 4.75. The molecule has 1 aliphatic heterocycles. The Labute approximate surface area is 83.9 Å². The van der Waals surface area contributed by atoms with Crippen molar-refractivity contribution in [3.8, 4) is 0 Å². The molecular formula is C8H15NO4S. The molecule has 14 heavy (non-hydrogen) atoms. The van der Waals surface area contributed by atoms with Crippen LogP contribution in [0.4, 0.5) is 0 Å². The summed E-state index contributed by atoms with van der Waals surface area (Å²) in [5.41, 5.74) is 0. The summed E-state index contributed by atoms with van der Waals surface area (Å²) in [6.45, 7) is 2.71. The van der Waals surface area contributed by atoms with E-state index in [0.29, 0.717) is 13.2 Å². The van der Waals surface area contributed by atoms with E-state index in [2.05, 4.69) is 0 Å². The number of carbonyl (C=O) groups is 1. The van der Waals surface area contributed by atoms with Gasteiger partial charge < -0.3 is 4.74 Å². The first-order valence-electron chi connectivity index (χ1n) is 4.64. The lowest BCUT2D eigenvalue weighted by Gasteiger charge is -2.07. The molecule has 1 aliphatic rings. The van der Waals surface area contributed by atoms with Crippen molar-refractivity contribution < 1.29 is 17.9 Å². The van der Waals surface area contributed by atoms with Crippen LogP contribution in [0.2, 0.25) is 0 Å². The molecule has 0 aromatic carbocycles. The van der Waals surface area contributed by atoms with E-state index in [1.807, 2.05) is 4.72 Å². The molecule has 0 aliphatic carbocycles. The third-order valence-electron chi connectivity index (χ3n) is 2.15. The quantitative estimate of drug-likeness (QED) is 0.718. The highest BCUT2D eigenvalue weighted by molar-refractivity contribution is 7.90. The molecule has 0 saturated carbocycles. The fourth-order valence-electron chi connectivity index (χ4n) is 1.29. The standard InChI is InChI=1S/C8H15NO4S/c1-2-14(11,12)9-8(10)5-7-3-4-13-6-7/h7H,2-6H2,1H3,(H,9,10)/t7-/m1/s1. The molecule has 82 valence electrons. The number of rotatable bonds is 4. The maximum absolute atomic E-state index is 11.2. The largest absolute Gasteiger partial charge is 0.381 e. The SMILES string of the molecule is CCS(=O)(=O)NC(=O)C[C@H]1CCOC1. The number of sulfonamides is 1. The van der Waals surface area contributed by atoms with E-state index in [1.165, 1.54) is 6.92 Å². The summed E-state index contributed by atoms with van der Waals surface area (Å²) < 4.78 is 29.1. The molecule has 0 bridgehead atoms. The highest BCUT2D eigenvalue weighted by Crippen LogP contribution is 2.15.